The zero-order chi connectivity index (χ0) is 20.1. The SMILES string of the molecule is COc1ccccc1N(CC(=O)NC1CCCC1)S(=O)(=O)c1ccc(F)cc1. The quantitative estimate of drug-likeness (QED) is 0.767. The van der Waals surface area contributed by atoms with E-state index in [2.05, 4.69) is 5.32 Å². The molecule has 1 fully saturated rings. The number of rotatable bonds is 7. The lowest BCUT2D eigenvalue weighted by Gasteiger charge is -2.26. The highest BCUT2D eigenvalue weighted by Crippen LogP contribution is 2.32. The summed E-state index contributed by atoms with van der Waals surface area (Å²) in [7, 11) is -2.68. The summed E-state index contributed by atoms with van der Waals surface area (Å²) >= 11 is 0. The highest BCUT2D eigenvalue weighted by Gasteiger charge is 2.30. The number of para-hydroxylation sites is 2. The van der Waals surface area contributed by atoms with Crippen LogP contribution in [0.1, 0.15) is 25.7 Å². The van der Waals surface area contributed by atoms with E-state index in [9.17, 15) is 17.6 Å². The molecule has 0 spiro atoms. The maximum atomic E-state index is 13.3. The number of hydrogen-bond donors (Lipinski definition) is 1. The number of ether oxygens (including phenoxy) is 1. The highest BCUT2D eigenvalue weighted by atomic mass is 32.2. The molecule has 1 aliphatic rings. The van der Waals surface area contributed by atoms with Crippen molar-refractivity contribution in [3.8, 4) is 5.75 Å². The third kappa shape index (κ3) is 4.44. The number of nitrogens with zero attached hydrogens (tertiary/aromatic N) is 1. The molecule has 0 unspecified atom stereocenters. The molecule has 0 atom stereocenters. The summed E-state index contributed by atoms with van der Waals surface area (Å²) < 4.78 is 46.1. The topological polar surface area (TPSA) is 75.7 Å². The largest absolute Gasteiger partial charge is 0.495 e. The first-order valence-electron chi connectivity index (χ1n) is 9.12. The third-order valence-electron chi connectivity index (χ3n) is 4.76. The molecular formula is C20H23FN2O4S. The van der Waals surface area contributed by atoms with Crippen molar-refractivity contribution in [2.24, 2.45) is 0 Å². The number of benzene rings is 2. The molecule has 1 saturated carbocycles. The molecule has 1 N–H and O–H groups in total. The van der Waals surface area contributed by atoms with Crippen LogP contribution in [0.15, 0.2) is 53.4 Å². The Bertz CT molecular complexity index is 925. The summed E-state index contributed by atoms with van der Waals surface area (Å²) in [5, 5.41) is 2.90. The summed E-state index contributed by atoms with van der Waals surface area (Å²) in [5.41, 5.74) is 0.246. The molecule has 0 aliphatic heterocycles. The Balaban J connectivity index is 1.96. The van der Waals surface area contributed by atoms with E-state index < -0.39 is 22.4 Å². The van der Waals surface area contributed by atoms with Gasteiger partial charge in [0.25, 0.3) is 10.0 Å². The normalized spacial score (nSPS) is 14.6. The van der Waals surface area contributed by atoms with E-state index in [0.29, 0.717) is 5.75 Å². The van der Waals surface area contributed by atoms with E-state index in [1.165, 1.54) is 19.2 Å². The molecule has 6 nitrogen and oxygen atoms in total. The van der Waals surface area contributed by atoms with Crippen LogP contribution >= 0.6 is 0 Å². The van der Waals surface area contributed by atoms with Crippen molar-refractivity contribution in [1.29, 1.82) is 0 Å². The van der Waals surface area contributed by atoms with Crippen LogP contribution in [0.25, 0.3) is 0 Å². The van der Waals surface area contributed by atoms with Crippen molar-refractivity contribution in [2.75, 3.05) is 18.0 Å². The van der Waals surface area contributed by atoms with E-state index >= 15 is 0 Å². The number of carbonyl (C=O) groups excluding carboxylic acids is 1. The smallest absolute Gasteiger partial charge is 0.264 e. The summed E-state index contributed by atoms with van der Waals surface area (Å²) in [4.78, 5) is 12.5. The van der Waals surface area contributed by atoms with Crippen molar-refractivity contribution < 1.29 is 22.3 Å². The molecule has 0 radical (unpaired) electrons. The van der Waals surface area contributed by atoms with Crippen molar-refractivity contribution in [1.82, 2.24) is 5.32 Å². The molecule has 28 heavy (non-hydrogen) atoms. The molecule has 0 bridgehead atoms. The Kier molecular flexibility index (Phi) is 6.18. The van der Waals surface area contributed by atoms with E-state index in [0.717, 1.165) is 42.1 Å². The average Bonchev–Trinajstić information content (AvgIpc) is 3.19. The number of halogens is 1. The van der Waals surface area contributed by atoms with Gasteiger partial charge in [-0.3, -0.25) is 9.10 Å². The van der Waals surface area contributed by atoms with E-state index in [1.54, 1.807) is 24.3 Å². The molecule has 1 aliphatic carbocycles. The monoisotopic (exact) mass is 406 g/mol. The number of hydrogen-bond acceptors (Lipinski definition) is 4. The number of nitrogens with one attached hydrogen (secondary N) is 1. The van der Waals surface area contributed by atoms with Gasteiger partial charge in [0.05, 0.1) is 17.7 Å². The standard InChI is InChI=1S/C20H23FN2O4S/c1-27-19-9-5-4-8-18(19)23(14-20(24)22-16-6-2-3-7-16)28(25,26)17-12-10-15(21)11-13-17/h4-5,8-13,16H,2-3,6-7,14H2,1H3,(H,22,24). The lowest BCUT2D eigenvalue weighted by molar-refractivity contribution is -0.120. The second-order valence-electron chi connectivity index (χ2n) is 6.69. The van der Waals surface area contributed by atoms with Crippen LogP contribution in [0.4, 0.5) is 10.1 Å². The minimum atomic E-state index is -4.11. The van der Waals surface area contributed by atoms with E-state index in [4.69, 9.17) is 4.74 Å². The van der Waals surface area contributed by atoms with Crippen molar-refractivity contribution in [3.05, 3.63) is 54.3 Å². The van der Waals surface area contributed by atoms with Crippen LogP contribution in [0.5, 0.6) is 5.75 Å². The number of carbonyl (C=O) groups is 1. The van der Waals surface area contributed by atoms with Gasteiger partial charge in [-0.1, -0.05) is 25.0 Å². The Hall–Kier alpha value is -2.61. The molecule has 2 aromatic carbocycles. The summed E-state index contributed by atoms with van der Waals surface area (Å²) in [6, 6.07) is 11.2. The maximum Gasteiger partial charge on any atom is 0.264 e. The van der Waals surface area contributed by atoms with Crippen LogP contribution < -0.4 is 14.4 Å². The fourth-order valence-corrected chi connectivity index (χ4v) is 4.77. The summed E-state index contributed by atoms with van der Waals surface area (Å²) in [6.45, 7) is -0.392. The fourth-order valence-electron chi connectivity index (χ4n) is 3.34. The average molecular weight is 406 g/mol. The minimum Gasteiger partial charge on any atom is -0.495 e. The first-order valence-corrected chi connectivity index (χ1v) is 10.6. The second-order valence-corrected chi connectivity index (χ2v) is 8.55. The van der Waals surface area contributed by atoms with Gasteiger partial charge in [0.2, 0.25) is 5.91 Å². The van der Waals surface area contributed by atoms with Gasteiger partial charge in [0, 0.05) is 6.04 Å². The Morgan fingerprint density at radius 2 is 1.79 bits per heavy atom. The third-order valence-corrected chi connectivity index (χ3v) is 6.54. The first kappa shape index (κ1) is 20.1. The number of amides is 1. The van der Waals surface area contributed by atoms with E-state index in [1.807, 2.05) is 0 Å². The molecule has 1 amide bonds. The second kappa shape index (κ2) is 8.60. The van der Waals surface area contributed by atoms with Gasteiger partial charge in [0.1, 0.15) is 18.1 Å². The van der Waals surface area contributed by atoms with Crippen molar-refractivity contribution >= 4 is 21.6 Å². The van der Waals surface area contributed by atoms with Crippen LogP contribution in [0, 0.1) is 5.82 Å². The molecule has 3 rings (SSSR count). The molecule has 0 heterocycles. The van der Waals surface area contributed by atoms with Crippen LogP contribution in [-0.2, 0) is 14.8 Å². The van der Waals surface area contributed by atoms with E-state index in [-0.39, 0.29) is 22.5 Å². The van der Waals surface area contributed by atoms with Crippen molar-refractivity contribution in [3.63, 3.8) is 0 Å². The fraction of sp³-hybridized carbons (Fsp3) is 0.350. The zero-order valence-electron chi connectivity index (χ0n) is 15.6. The van der Waals surface area contributed by atoms with Gasteiger partial charge >= 0.3 is 0 Å². The van der Waals surface area contributed by atoms with Gasteiger partial charge in [-0.25, -0.2) is 12.8 Å². The first-order chi connectivity index (χ1) is 13.4. The number of methoxy groups -OCH3 is 1. The zero-order valence-corrected chi connectivity index (χ0v) is 16.4. The Morgan fingerprint density at radius 1 is 1.14 bits per heavy atom. The van der Waals surface area contributed by atoms with Crippen molar-refractivity contribution in [2.45, 2.75) is 36.6 Å². The molecule has 0 aromatic heterocycles. The van der Waals surface area contributed by atoms with Gasteiger partial charge < -0.3 is 10.1 Å². The number of anilines is 1. The molecule has 2 aromatic rings. The van der Waals surface area contributed by atoms with Crippen LogP contribution in [-0.4, -0.2) is 34.0 Å². The number of sulfonamides is 1. The maximum absolute atomic E-state index is 13.3. The molecular weight excluding hydrogens is 383 g/mol. The molecule has 0 saturated heterocycles. The molecule has 8 heteroatoms. The van der Waals surface area contributed by atoms with Crippen LogP contribution in [0.3, 0.4) is 0 Å². The lowest BCUT2D eigenvalue weighted by Crippen LogP contribution is -2.43. The van der Waals surface area contributed by atoms with Gasteiger partial charge in [-0.2, -0.15) is 0 Å². The Labute approximate surface area is 164 Å². The predicted molar refractivity (Wildman–Crippen MR) is 104 cm³/mol. The van der Waals surface area contributed by atoms with Gasteiger partial charge in [-0.05, 0) is 49.2 Å². The van der Waals surface area contributed by atoms with Crippen LogP contribution in [0.2, 0.25) is 0 Å². The van der Waals surface area contributed by atoms with Gasteiger partial charge in [-0.15, -0.1) is 0 Å². The Morgan fingerprint density at radius 3 is 2.43 bits per heavy atom. The minimum absolute atomic E-state index is 0.0699. The van der Waals surface area contributed by atoms with Gasteiger partial charge in [0.15, 0.2) is 0 Å². The molecule has 150 valence electrons. The summed E-state index contributed by atoms with van der Waals surface area (Å²) in [6.07, 6.45) is 3.89. The highest BCUT2D eigenvalue weighted by molar-refractivity contribution is 7.92. The predicted octanol–water partition coefficient (Wildman–Crippen LogP) is 3.09. The lowest BCUT2D eigenvalue weighted by atomic mass is 10.2. The summed E-state index contributed by atoms with van der Waals surface area (Å²) in [5.74, 6) is -0.605.